The van der Waals surface area contributed by atoms with E-state index in [0.29, 0.717) is 17.8 Å². The van der Waals surface area contributed by atoms with Crippen LogP contribution in [0.4, 0.5) is 5.69 Å². The number of aromatic nitrogens is 3. The minimum atomic E-state index is -0.219. The van der Waals surface area contributed by atoms with Crippen LogP contribution in [-0.2, 0) is 11.3 Å². The molecule has 6 nitrogen and oxygen atoms in total. The number of anilines is 1. The quantitative estimate of drug-likeness (QED) is 0.573. The molecule has 4 aromatic rings. The van der Waals surface area contributed by atoms with E-state index < -0.39 is 0 Å². The summed E-state index contributed by atoms with van der Waals surface area (Å²) in [5.74, 6) is -0.219. The van der Waals surface area contributed by atoms with Crippen LogP contribution in [0.1, 0.15) is 21.7 Å². The highest BCUT2D eigenvalue weighted by atomic mass is 16.5. The van der Waals surface area contributed by atoms with Gasteiger partial charge < -0.3 is 10.1 Å². The Kier molecular flexibility index (Phi) is 4.87. The first kappa shape index (κ1) is 17.9. The zero-order chi connectivity index (χ0) is 19.5. The average molecular weight is 372 g/mol. The molecule has 0 aliphatic carbocycles. The van der Waals surface area contributed by atoms with Gasteiger partial charge in [-0.1, -0.05) is 48.5 Å². The van der Waals surface area contributed by atoms with Crippen LogP contribution >= 0.6 is 0 Å². The Morgan fingerprint density at radius 2 is 1.75 bits per heavy atom. The lowest BCUT2D eigenvalue weighted by Gasteiger charge is -2.09. The smallest absolute Gasteiger partial charge is 0.259 e. The third-order valence-electron chi connectivity index (χ3n) is 4.58. The van der Waals surface area contributed by atoms with Crippen molar-refractivity contribution in [1.29, 1.82) is 0 Å². The van der Waals surface area contributed by atoms with E-state index in [1.807, 2.05) is 67.6 Å². The van der Waals surface area contributed by atoms with Crippen LogP contribution in [0, 0.1) is 6.92 Å². The van der Waals surface area contributed by atoms with Gasteiger partial charge in [-0.3, -0.25) is 4.79 Å². The normalized spacial score (nSPS) is 10.9. The van der Waals surface area contributed by atoms with Crippen LogP contribution in [0.25, 0.3) is 16.8 Å². The van der Waals surface area contributed by atoms with Gasteiger partial charge in [0, 0.05) is 19.0 Å². The summed E-state index contributed by atoms with van der Waals surface area (Å²) in [4.78, 5) is 17.3. The molecule has 0 bridgehead atoms. The number of carbonyl (C=O) groups excluding carboxylic acids is 1. The molecule has 0 atom stereocenters. The van der Waals surface area contributed by atoms with Crippen LogP contribution in [0.15, 0.2) is 66.9 Å². The first-order valence-corrected chi connectivity index (χ1v) is 8.97. The predicted molar refractivity (Wildman–Crippen MR) is 108 cm³/mol. The molecule has 0 radical (unpaired) electrons. The summed E-state index contributed by atoms with van der Waals surface area (Å²) in [5.41, 5.74) is 5.34. The SMILES string of the molecule is COCc1nn2c(C)c(C(=O)Nc3ccccc3)cnc2c1-c1ccccc1. The van der Waals surface area contributed by atoms with E-state index >= 15 is 0 Å². The molecule has 0 saturated heterocycles. The summed E-state index contributed by atoms with van der Waals surface area (Å²) in [7, 11) is 1.64. The van der Waals surface area contributed by atoms with E-state index in [9.17, 15) is 4.79 Å². The molecular weight excluding hydrogens is 352 g/mol. The fraction of sp³-hybridized carbons (Fsp3) is 0.136. The second-order valence-electron chi connectivity index (χ2n) is 6.43. The van der Waals surface area contributed by atoms with Gasteiger partial charge in [0.2, 0.25) is 0 Å². The predicted octanol–water partition coefficient (Wildman–Crippen LogP) is 4.10. The van der Waals surface area contributed by atoms with E-state index in [1.165, 1.54) is 0 Å². The Morgan fingerprint density at radius 1 is 1.07 bits per heavy atom. The van der Waals surface area contributed by atoms with Gasteiger partial charge in [-0.15, -0.1) is 0 Å². The number of amides is 1. The first-order valence-electron chi connectivity index (χ1n) is 8.97. The Labute approximate surface area is 162 Å². The van der Waals surface area contributed by atoms with E-state index in [0.717, 1.165) is 28.2 Å². The standard InChI is InChI=1S/C22H20N4O2/c1-15-18(22(27)24-17-11-7-4-8-12-17)13-23-21-20(16-9-5-3-6-10-16)19(14-28-2)25-26(15)21/h3-13H,14H2,1-2H3,(H,24,27). The number of benzene rings is 2. The van der Waals surface area contributed by atoms with Crippen molar-refractivity contribution in [3.05, 3.63) is 83.8 Å². The van der Waals surface area contributed by atoms with Crippen molar-refractivity contribution in [1.82, 2.24) is 14.6 Å². The molecule has 0 aliphatic rings. The Bertz CT molecular complexity index is 1120. The molecule has 0 spiro atoms. The number of para-hydroxylation sites is 1. The second-order valence-corrected chi connectivity index (χ2v) is 6.43. The molecule has 0 unspecified atom stereocenters. The molecule has 1 amide bonds. The molecule has 0 saturated carbocycles. The number of carbonyl (C=O) groups is 1. The third kappa shape index (κ3) is 3.25. The van der Waals surface area contributed by atoms with E-state index in [-0.39, 0.29) is 5.91 Å². The fourth-order valence-corrected chi connectivity index (χ4v) is 3.22. The van der Waals surface area contributed by atoms with Crippen LogP contribution in [-0.4, -0.2) is 27.6 Å². The van der Waals surface area contributed by atoms with E-state index in [1.54, 1.807) is 17.8 Å². The summed E-state index contributed by atoms with van der Waals surface area (Å²) < 4.78 is 7.05. The van der Waals surface area contributed by atoms with Crippen LogP contribution in [0.2, 0.25) is 0 Å². The average Bonchev–Trinajstić information content (AvgIpc) is 3.09. The zero-order valence-corrected chi connectivity index (χ0v) is 15.7. The lowest BCUT2D eigenvalue weighted by atomic mass is 10.1. The topological polar surface area (TPSA) is 68.5 Å². The number of nitrogens with one attached hydrogen (secondary N) is 1. The minimum absolute atomic E-state index is 0.219. The molecule has 1 N–H and O–H groups in total. The Morgan fingerprint density at radius 3 is 2.43 bits per heavy atom. The van der Waals surface area contributed by atoms with Gasteiger partial charge in [0.05, 0.1) is 29.1 Å². The van der Waals surface area contributed by atoms with Crippen LogP contribution in [0.5, 0.6) is 0 Å². The van der Waals surface area contributed by atoms with Gasteiger partial charge in [0.25, 0.3) is 5.91 Å². The van der Waals surface area contributed by atoms with Gasteiger partial charge in [-0.2, -0.15) is 5.10 Å². The van der Waals surface area contributed by atoms with Crippen LogP contribution in [0.3, 0.4) is 0 Å². The summed E-state index contributed by atoms with van der Waals surface area (Å²) in [6.07, 6.45) is 1.60. The van der Waals surface area contributed by atoms with Gasteiger partial charge in [0.15, 0.2) is 5.65 Å². The first-order chi connectivity index (χ1) is 13.7. The molecular formula is C22H20N4O2. The molecule has 2 heterocycles. The number of hydrogen-bond acceptors (Lipinski definition) is 4. The van der Waals surface area contributed by atoms with Crippen molar-refractivity contribution in [3.8, 4) is 11.1 Å². The maximum atomic E-state index is 12.7. The minimum Gasteiger partial charge on any atom is -0.378 e. The number of hydrogen-bond donors (Lipinski definition) is 1. The number of aryl methyl sites for hydroxylation is 1. The maximum Gasteiger partial charge on any atom is 0.259 e. The number of fused-ring (bicyclic) bond motifs is 1. The van der Waals surface area contributed by atoms with Gasteiger partial charge in [-0.25, -0.2) is 9.50 Å². The van der Waals surface area contributed by atoms with Gasteiger partial charge >= 0.3 is 0 Å². The molecule has 4 rings (SSSR count). The highest BCUT2D eigenvalue weighted by molar-refractivity contribution is 6.05. The van der Waals surface area contributed by atoms with Crippen molar-refractivity contribution in [2.75, 3.05) is 12.4 Å². The van der Waals surface area contributed by atoms with Crippen LogP contribution < -0.4 is 5.32 Å². The van der Waals surface area contributed by atoms with Crippen molar-refractivity contribution in [3.63, 3.8) is 0 Å². The maximum absolute atomic E-state index is 12.7. The lowest BCUT2D eigenvalue weighted by Crippen LogP contribution is -2.16. The Hall–Kier alpha value is -3.51. The van der Waals surface area contributed by atoms with E-state index in [2.05, 4.69) is 15.4 Å². The lowest BCUT2D eigenvalue weighted by molar-refractivity contribution is 0.102. The molecule has 6 heteroatoms. The molecule has 28 heavy (non-hydrogen) atoms. The molecule has 140 valence electrons. The van der Waals surface area contributed by atoms with Crippen molar-refractivity contribution >= 4 is 17.2 Å². The Balaban J connectivity index is 1.80. The number of nitrogens with zero attached hydrogens (tertiary/aromatic N) is 3. The fourth-order valence-electron chi connectivity index (χ4n) is 3.22. The molecule has 0 aliphatic heterocycles. The number of rotatable bonds is 5. The van der Waals surface area contributed by atoms with Crippen molar-refractivity contribution < 1.29 is 9.53 Å². The summed E-state index contributed by atoms with van der Waals surface area (Å²) in [6, 6.07) is 19.3. The van der Waals surface area contributed by atoms with Crippen molar-refractivity contribution in [2.45, 2.75) is 13.5 Å². The molecule has 0 fully saturated rings. The van der Waals surface area contributed by atoms with Gasteiger partial charge in [-0.05, 0) is 24.6 Å². The molecule has 2 aromatic carbocycles. The van der Waals surface area contributed by atoms with E-state index in [4.69, 9.17) is 4.74 Å². The van der Waals surface area contributed by atoms with Crippen molar-refractivity contribution in [2.24, 2.45) is 0 Å². The zero-order valence-electron chi connectivity index (χ0n) is 15.7. The highest BCUT2D eigenvalue weighted by Crippen LogP contribution is 2.29. The highest BCUT2D eigenvalue weighted by Gasteiger charge is 2.20. The van der Waals surface area contributed by atoms with Gasteiger partial charge in [0.1, 0.15) is 0 Å². The number of ether oxygens (including phenoxy) is 1. The monoisotopic (exact) mass is 372 g/mol. The number of methoxy groups -OCH3 is 1. The third-order valence-corrected chi connectivity index (χ3v) is 4.58. The summed E-state index contributed by atoms with van der Waals surface area (Å²) in [5, 5.41) is 7.57. The largest absolute Gasteiger partial charge is 0.378 e. The second kappa shape index (κ2) is 7.62. The molecule has 2 aromatic heterocycles. The summed E-state index contributed by atoms with van der Waals surface area (Å²) in [6.45, 7) is 2.23. The summed E-state index contributed by atoms with van der Waals surface area (Å²) >= 11 is 0.